The number of imidazole rings is 1. The smallest absolute Gasteiger partial charge is 0.248 e. The van der Waals surface area contributed by atoms with Crippen LogP contribution in [0, 0.1) is 5.82 Å². The number of nitrogens with zero attached hydrogens (tertiary/aromatic N) is 5. The van der Waals surface area contributed by atoms with Gasteiger partial charge in [-0.25, -0.2) is 24.3 Å². The highest BCUT2D eigenvalue weighted by molar-refractivity contribution is 6.10. The van der Waals surface area contributed by atoms with Crippen molar-refractivity contribution >= 4 is 33.7 Å². The molecular formula is C25H20FN7O2. The van der Waals surface area contributed by atoms with Gasteiger partial charge in [0.1, 0.15) is 28.5 Å². The third kappa shape index (κ3) is 3.59. The molecule has 1 aliphatic heterocycles. The van der Waals surface area contributed by atoms with Gasteiger partial charge in [0.15, 0.2) is 0 Å². The summed E-state index contributed by atoms with van der Waals surface area (Å²) < 4.78 is 21.9. The summed E-state index contributed by atoms with van der Waals surface area (Å²) in [7, 11) is 1.86. The highest BCUT2D eigenvalue weighted by Crippen LogP contribution is 2.33. The lowest BCUT2D eigenvalue weighted by molar-refractivity contribution is 0.100. The molecule has 0 bridgehead atoms. The van der Waals surface area contributed by atoms with E-state index in [0.717, 1.165) is 16.3 Å². The Morgan fingerprint density at radius 1 is 1.20 bits per heavy atom. The summed E-state index contributed by atoms with van der Waals surface area (Å²) in [5.74, 6) is 0.218. The standard InChI is InChI=1S/C25H20FN7O2/c1-33-11-20(30-12-33)23-22-17(14-3-2-13(24(27)34)8-19(14)31-23)10-29-25(32-22)28-9-16-15-6-7-35-21(15)5-4-18(16)26/h2-5,8,10-12H,6-7,9H2,1H3,(H2,27,34)(H,28,29,32). The lowest BCUT2D eigenvalue weighted by atomic mass is 10.0. The van der Waals surface area contributed by atoms with Crippen molar-refractivity contribution in [3.05, 3.63) is 71.6 Å². The molecule has 1 aliphatic rings. The number of aryl methyl sites for hydroxylation is 1. The fourth-order valence-corrected chi connectivity index (χ4v) is 4.41. The van der Waals surface area contributed by atoms with E-state index in [1.165, 1.54) is 6.07 Å². The van der Waals surface area contributed by atoms with E-state index in [9.17, 15) is 9.18 Å². The first-order valence-electron chi connectivity index (χ1n) is 11.0. The predicted molar refractivity (Wildman–Crippen MR) is 128 cm³/mol. The van der Waals surface area contributed by atoms with E-state index in [1.807, 2.05) is 17.8 Å². The van der Waals surface area contributed by atoms with Crippen molar-refractivity contribution in [1.29, 1.82) is 0 Å². The van der Waals surface area contributed by atoms with Crippen LogP contribution in [0.2, 0.25) is 0 Å². The maximum absolute atomic E-state index is 14.6. The van der Waals surface area contributed by atoms with Gasteiger partial charge in [-0.05, 0) is 24.3 Å². The van der Waals surface area contributed by atoms with Crippen LogP contribution in [0.25, 0.3) is 33.2 Å². The summed E-state index contributed by atoms with van der Waals surface area (Å²) in [5.41, 5.74) is 9.57. The lowest BCUT2D eigenvalue weighted by Crippen LogP contribution is -2.11. The SMILES string of the molecule is Cn1cnc(-c2nc3cc(C(N)=O)ccc3c3cnc(NCc4c(F)ccc5c4CCO5)nc23)c1. The lowest BCUT2D eigenvalue weighted by Gasteiger charge is -2.12. The molecule has 0 unspecified atom stereocenters. The van der Waals surface area contributed by atoms with Gasteiger partial charge in [-0.1, -0.05) is 6.07 Å². The number of benzene rings is 2. The summed E-state index contributed by atoms with van der Waals surface area (Å²) >= 11 is 0. The molecule has 0 aliphatic carbocycles. The normalized spacial score (nSPS) is 12.6. The Morgan fingerprint density at radius 3 is 2.89 bits per heavy atom. The molecule has 4 heterocycles. The van der Waals surface area contributed by atoms with Crippen molar-refractivity contribution in [3.63, 3.8) is 0 Å². The van der Waals surface area contributed by atoms with Crippen molar-refractivity contribution in [2.24, 2.45) is 12.8 Å². The van der Waals surface area contributed by atoms with Crippen LogP contribution in [0.4, 0.5) is 10.3 Å². The Balaban J connectivity index is 1.46. The van der Waals surface area contributed by atoms with E-state index in [-0.39, 0.29) is 12.4 Å². The number of hydrogen-bond donors (Lipinski definition) is 2. The first kappa shape index (κ1) is 21.0. The molecule has 35 heavy (non-hydrogen) atoms. The van der Waals surface area contributed by atoms with Crippen LogP contribution in [-0.4, -0.2) is 37.0 Å². The monoisotopic (exact) mass is 469 g/mol. The van der Waals surface area contributed by atoms with Gasteiger partial charge in [-0.2, -0.15) is 0 Å². The van der Waals surface area contributed by atoms with Gasteiger partial charge in [0.2, 0.25) is 11.9 Å². The number of carbonyl (C=O) groups is 1. The molecule has 0 spiro atoms. The fourth-order valence-electron chi connectivity index (χ4n) is 4.41. The zero-order valence-electron chi connectivity index (χ0n) is 18.7. The molecule has 0 saturated heterocycles. The van der Waals surface area contributed by atoms with Crippen molar-refractivity contribution < 1.29 is 13.9 Å². The molecule has 3 aromatic heterocycles. The number of hydrogen-bond acceptors (Lipinski definition) is 7. The number of fused-ring (bicyclic) bond motifs is 4. The molecule has 0 saturated carbocycles. The van der Waals surface area contributed by atoms with Crippen molar-refractivity contribution in [2.75, 3.05) is 11.9 Å². The van der Waals surface area contributed by atoms with Gasteiger partial charge < -0.3 is 20.4 Å². The van der Waals surface area contributed by atoms with Crippen LogP contribution in [0.1, 0.15) is 21.5 Å². The minimum Gasteiger partial charge on any atom is -0.493 e. The number of pyridine rings is 1. The Kier molecular flexibility index (Phi) is 4.80. The van der Waals surface area contributed by atoms with Gasteiger partial charge in [0.05, 0.1) is 18.5 Å². The number of aromatic nitrogens is 5. The summed E-state index contributed by atoms with van der Waals surface area (Å²) in [6.07, 6.45) is 5.87. The van der Waals surface area contributed by atoms with Crippen LogP contribution in [-0.2, 0) is 20.0 Å². The number of rotatable bonds is 5. The first-order chi connectivity index (χ1) is 17.0. The second-order valence-electron chi connectivity index (χ2n) is 8.39. The predicted octanol–water partition coefficient (Wildman–Crippen LogP) is 3.36. The molecule has 10 heteroatoms. The van der Waals surface area contributed by atoms with E-state index in [2.05, 4.69) is 15.3 Å². The molecule has 6 rings (SSSR count). The third-order valence-corrected chi connectivity index (χ3v) is 6.13. The maximum Gasteiger partial charge on any atom is 0.248 e. The van der Waals surface area contributed by atoms with Crippen LogP contribution in [0.15, 0.2) is 49.1 Å². The number of amides is 1. The number of primary amides is 1. The number of halogens is 1. The van der Waals surface area contributed by atoms with E-state index in [1.54, 1.807) is 36.8 Å². The average molecular weight is 469 g/mol. The highest BCUT2D eigenvalue weighted by Gasteiger charge is 2.20. The zero-order chi connectivity index (χ0) is 24.1. The largest absolute Gasteiger partial charge is 0.493 e. The highest BCUT2D eigenvalue weighted by atomic mass is 19.1. The van der Waals surface area contributed by atoms with Gasteiger partial charge >= 0.3 is 0 Å². The minimum absolute atomic E-state index is 0.214. The summed E-state index contributed by atoms with van der Waals surface area (Å²) in [6.45, 7) is 0.758. The molecule has 174 valence electrons. The van der Waals surface area contributed by atoms with Gasteiger partial charge in [0, 0.05) is 59.9 Å². The summed E-state index contributed by atoms with van der Waals surface area (Å²) in [4.78, 5) is 30.1. The zero-order valence-corrected chi connectivity index (χ0v) is 18.7. The summed E-state index contributed by atoms with van der Waals surface area (Å²) in [5, 5.41) is 4.67. The molecule has 5 aromatic rings. The van der Waals surface area contributed by atoms with E-state index in [4.69, 9.17) is 20.4 Å². The van der Waals surface area contributed by atoms with Crippen LogP contribution >= 0.6 is 0 Å². The fraction of sp³-hybridized carbons (Fsp3) is 0.160. The first-order valence-corrected chi connectivity index (χ1v) is 11.0. The van der Waals surface area contributed by atoms with Gasteiger partial charge in [0.25, 0.3) is 0 Å². The number of carbonyl (C=O) groups excluding carboxylic acids is 1. The van der Waals surface area contributed by atoms with Crippen LogP contribution in [0.5, 0.6) is 5.75 Å². The van der Waals surface area contributed by atoms with Crippen molar-refractivity contribution in [3.8, 4) is 17.1 Å². The number of anilines is 1. The maximum atomic E-state index is 14.6. The molecular weight excluding hydrogens is 449 g/mol. The Hall–Kier alpha value is -4.60. The Bertz CT molecular complexity index is 1650. The van der Waals surface area contributed by atoms with E-state index < -0.39 is 5.91 Å². The van der Waals surface area contributed by atoms with E-state index >= 15 is 0 Å². The quantitative estimate of drug-likeness (QED) is 0.379. The molecule has 2 aromatic carbocycles. The third-order valence-electron chi connectivity index (χ3n) is 6.13. The second-order valence-corrected chi connectivity index (χ2v) is 8.39. The number of nitrogens with two attached hydrogens (primary N) is 1. The van der Waals surface area contributed by atoms with Crippen LogP contribution in [0.3, 0.4) is 0 Å². The molecule has 0 radical (unpaired) electrons. The average Bonchev–Trinajstić information content (AvgIpc) is 3.51. The Morgan fingerprint density at radius 2 is 2.09 bits per heavy atom. The number of nitrogens with one attached hydrogen (secondary N) is 1. The Labute approximate surface area is 198 Å². The van der Waals surface area contributed by atoms with Gasteiger partial charge in [-0.15, -0.1) is 0 Å². The number of ether oxygens (including phenoxy) is 1. The topological polar surface area (TPSA) is 121 Å². The molecule has 3 N–H and O–H groups in total. The van der Waals surface area contributed by atoms with Crippen molar-refractivity contribution in [2.45, 2.75) is 13.0 Å². The molecule has 9 nitrogen and oxygen atoms in total. The molecule has 1 amide bonds. The van der Waals surface area contributed by atoms with Crippen LogP contribution < -0.4 is 15.8 Å². The van der Waals surface area contributed by atoms with Crippen molar-refractivity contribution in [1.82, 2.24) is 24.5 Å². The van der Waals surface area contributed by atoms with Gasteiger partial charge in [-0.3, -0.25) is 4.79 Å². The minimum atomic E-state index is -0.533. The molecule has 0 atom stereocenters. The summed E-state index contributed by atoms with van der Waals surface area (Å²) in [6, 6.07) is 8.16. The molecule has 0 fully saturated rings. The van der Waals surface area contributed by atoms with E-state index in [0.29, 0.717) is 58.3 Å². The second kappa shape index (κ2) is 8.01.